The molecule has 0 aliphatic carbocycles. The van der Waals surface area contributed by atoms with E-state index in [9.17, 15) is 27.2 Å². The van der Waals surface area contributed by atoms with Gasteiger partial charge in [0.05, 0.1) is 5.69 Å². The van der Waals surface area contributed by atoms with Crippen molar-refractivity contribution in [2.24, 2.45) is 0 Å². The minimum Gasteiger partial charge on any atom is -0.366 e. The van der Waals surface area contributed by atoms with Crippen LogP contribution in [0.2, 0.25) is 0 Å². The van der Waals surface area contributed by atoms with Gasteiger partial charge in [-0.3, -0.25) is 4.79 Å². The molecule has 1 aromatic rings. The van der Waals surface area contributed by atoms with Gasteiger partial charge in [-0.25, -0.2) is 9.18 Å². The first kappa shape index (κ1) is 18.0. The van der Waals surface area contributed by atoms with Gasteiger partial charge in [0.2, 0.25) is 0 Å². The Hall–Kier alpha value is -2.32. The molecule has 0 saturated carbocycles. The Morgan fingerprint density at radius 1 is 1.17 bits per heavy atom. The van der Waals surface area contributed by atoms with Crippen molar-refractivity contribution < 1.29 is 27.2 Å². The third-order valence-corrected chi connectivity index (χ3v) is 3.70. The van der Waals surface area contributed by atoms with E-state index in [1.54, 1.807) is 4.90 Å². The molecule has 2 amide bonds. The number of piperazine rings is 1. The zero-order chi connectivity index (χ0) is 17.9. The highest BCUT2D eigenvalue weighted by Gasteiger charge is 2.30. The van der Waals surface area contributed by atoms with E-state index in [0.29, 0.717) is 5.69 Å². The maximum absolute atomic E-state index is 14.1. The van der Waals surface area contributed by atoms with Gasteiger partial charge in [-0.2, -0.15) is 13.2 Å². The van der Waals surface area contributed by atoms with Crippen LogP contribution in [0.25, 0.3) is 0 Å². The van der Waals surface area contributed by atoms with Crippen LogP contribution < -0.4 is 10.2 Å². The van der Waals surface area contributed by atoms with Crippen LogP contribution in [0.3, 0.4) is 0 Å². The van der Waals surface area contributed by atoms with Gasteiger partial charge < -0.3 is 15.1 Å². The van der Waals surface area contributed by atoms with Crippen LogP contribution in [0.1, 0.15) is 17.3 Å². The molecule has 0 spiro atoms. The summed E-state index contributed by atoms with van der Waals surface area (Å²) in [5.74, 6) is -0.788. The predicted octanol–water partition coefficient (Wildman–Crippen LogP) is 2.42. The molecule has 1 aromatic carbocycles. The second-order valence-corrected chi connectivity index (χ2v) is 5.47. The number of ketones is 1. The quantitative estimate of drug-likeness (QED) is 0.675. The number of nitrogens with one attached hydrogen (secondary N) is 1. The van der Waals surface area contributed by atoms with Crippen LogP contribution in [-0.4, -0.2) is 55.6 Å². The number of alkyl halides is 3. The first-order valence-corrected chi connectivity index (χ1v) is 7.32. The van der Waals surface area contributed by atoms with Crippen molar-refractivity contribution in [3.05, 3.63) is 29.6 Å². The molecule has 1 heterocycles. The largest absolute Gasteiger partial charge is 0.405 e. The fourth-order valence-electron chi connectivity index (χ4n) is 2.42. The number of carbonyl (C=O) groups is 2. The maximum atomic E-state index is 14.1. The summed E-state index contributed by atoms with van der Waals surface area (Å²) in [5, 5.41) is 1.81. The zero-order valence-corrected chi connectivity index (χ0v) is 13.0. The highest BCUT2D eigenvalue weighted by molar-refractivity contribution is 5.94. The lowest BCUT2D eigenvalue weighted by molar-refractivity contribution is -0.123. The molecule has 1 aliphatic heterocycles. The van der Waals surface area contributed by atoms with Crippen molar-refractivity contribution in [1.82, 2.24) is 10.2 Å². The summed E-state index contributed by atoms with van der Waals surface area (Å²) in [6, 6.07) is 3.37. The maximum Gasteiger partial charge on any atom is 0.405 e. The van der Waals surface area contributed by atoms with E-state index >= 15 is 0 Å². The third-order valence-electron chi connectivity index (χ3n) is 3.70. The lowest BCUT2D eigenvalue weighted by Crippen LogP contribution is -2.53. The molecular formula is C15H17F4N3O2. The number of Topliss-reactive ketones (excluding diaryl/α,β-unsaturated/α-hetero) is 1. The predicted molar refractivity (Wildman–Crippen MR) is 79.6 cm³/mol. The molecule has 5 nitrogen and oxygen atoms in total. The molecule has 1 fully saturated rings. The fourth-order valence-corrected chi connectivity index (χ4v) is 2.42. The average molecular weight is 347 g/mol. The molecule has 0 radical (unpaired) electrons. The van der Waals surface area contributed by atoms with E-state index in [1.807, 2.05) is 5.32 Å². The van der Waals surface area contributed by atoms with Crippen molar-refractivity contribution in [2.75, 3.05) is 37.6 Å². The van der Waals surface area contributed by atoms with Gasteiger partial charge in [-0.05, 0) is 25.1 Å². The lowest BCUT2D eigenvalue weighted by Gasteiger charge is -2.36. The van der Waals surface area contributed by atoms with Gasteiger partial charge in [0.25, 0.3) is 0 Å². The SMILES string of the molecule is CC(=O)c1ccc(N2CCN(C(=O)NCC(F)(F)F)CC2)c(F)c1. The minimum atomic E-state index is -4.46. The van der Waals surface area contributed by atoms with Gasteiger partial charge in [0.15, 0.2) is 5.78 Å². The van der Waals surface area contributed by atoms with Crippen LogP contribution in [0.15, 0.2) is 18.2 Å². The van der Waals surface area contributed by atoms with Crippen molar-refractivity contribution in [2.45, 2.75) is 13.1 Å². The Labute approximate surface area is 136 Å². The number of nitrogens with zero attached hydrogens (tertiary/aromatic N) is 2. The van der Waals surface area contributed by atoms with Gasteiger partial charge in [-0.15, -0.1) is 0 Å². The second-order valence-electron chi connectivity index (χ2n) is 5.47. The molecule has 1 N–H and O–H groups in total. The molecule has 1 saturated heterocycles. The molecule has 132 valence electrons. The van der Waals surface area contributed by atoms with E-state index in [2.05, 4.69) is 0 Å². The van der Waals surface area contributed by atoms with Crippen molar-refractivity contribution in [3.63, 3.8) is 0 Å². The van der Waals surface area contributed by atoms with E-state index in [0.717, 1.165) is 6.07 Å². The number of hydrogen-bond donors (Lipinski definition) is 1. The van der Waals surface area contributed by atoms with E-state index in [4.69, 9.17) is 0 Å². The molecular weight excluding hydrogens is 330 g/mol. The fraction of sp³-hybridized carbons (Fsp3) is 0.467. The van der Waals surface area contributed by atoms with E-state index < -0.39 is 24.6 Å². The van der Waals surface area contributed by atoms with Crippen molar-refractivity contribution >= 4 is 17.5 Å². The Morgan fingerprint density at radius 3 is 2.29 bits per heavy atom. The van der Waals surface area contributed by atoms with E-state index in [1.165, 1.54) is 24.0 Å². The standard InChI is InChI=1S/C15H17F4N3O2/c1-10(23)11-2-3-13(12(16)8-11)21-4-6-22(7-5-21)14(24)20-9-15(17,18)19/h2-3,8H,4-7,9H2,1H3,(H,20,24). The Bertz CT molecular complexity index is 626. The molecule has 1 aliphatic rings. The van der Waals surface area contributed by atoms with Crippen LogP contribution in [0.5, 0.6) is 0 Å². The summed E-state index contributed by atoms with van der Waals surface area (Å²) in [6.45, 7) is 0.890. The van der Waals surface area contributed by atoms with Crippen LogP contribution in [0.4, 0.5) is 28.0 Å². The molecule has 2 rings (SSSR count). The normalized spacial score (nSPS) is 15.4. The topological polar surface area (TPSA) is 52.7 Å². The zero-order valence-electron chi connectivity index (χ0n) is 13.0. The number of urea groups is 1. The van der Waals surface area contributed by atoms with Crippen molar-refractivity contribution in [3.8, 4) is 0 Å². The number of rotatable bonds is 3. The first-order chi connectivity index (χ1) is 11.2. The number of hydrogen-bond acceptors (Lipinski definition) is 3. The van der Waals surface area contributed by atoms with E-state index in [-0.39, 0.29) is 37.5 Å². The number of anilines is 1. The summed E-state index contributed by atoms with van der Waals surface area (Å²) < 4.78 is 50.4. The number of benzene rings is 1. The summed E-state index contributed by atoms with van der Waals surface area (Å²) in [5.41, 5.74) is 0.566. The van der Waals surface area contributed by atoms with Crippen LogP contribution in [0, 0.1) is 5.82 Å². The summed E-state index contributed by atoms with van der Waals surface area (Å²) in [4.78, 5) is 25.8. The van der Waals surface area contributed by atoms with Crippen LogP contribution in [-0.2, 0) is 0 Å². The summed E-state index contributed by atoms with van der Waals surface area (Å²) in [6.07, 6.45) is -4.46. The monoisotopic (exact) mass is 347 g/mol. The van der Waals surface area contributed by atoms with Gasteiger partial charge in [0, 0.05) is 31.7 Å². The molecule has 0 bridgehead atoms. The van der Waals surface area contributed by atoms with Crippen LogP contribution >= 0.6 is 0 Å². The Balaban J connectivity index is 1.93. The number of amides is 2. The summed E-state index contributed by atoms with van der Waals surface area (Å²) >= 11 is 0. The second kappa shape index (κ2) is 7.06. The van der Waals surface area contributed by atoms with Gasteiger partial charge in [-0.1, -0.05) is 0 Å². The number of halogens is 4. The van der Waals surface area contributed by atoms with Crippen molar-refractivity contribution in [1.29, 1.82) is 0 Å². The molecule has 0 unspecified atom stereocenters. The highest BCUT2D eigenvalue weighted by Crippen LogP contribution is 2.22. The molecule has 9 heteroatoms. The number of carbonyl (C=O) groups excluding carboxylic acids is 2. The lowest BCUT2D eigenvalue weighted by atomic mass is 10.1. The Kier molecular flexibility index (Phi) is 5.30. The summed E-state index contributed by atoms with van der Waals surface area (Å²) in [7, 11) is 0. The average Bonchev–Trinajstić information content (AvgIpc) is 2.52. The van der Waals surface area contributed by atoms with Gasteiger partial charge >= 0.3 is 12.2 Å². The van der Waals surface area contributed by atoms with Gasteiger partial charge in [0.1, 0.15) is 12.4 Å². The molecule has 0 aromatic heterocycles. The minimum absolute atomic E-state index is 0.178. The Morgan fingerprint density at radius 2 is 1.79 bits per heavy atom. The third kappa shape index (κ3) is 4.59. The molecule has 24 heavy (non-hydrogen) atoms. The smallest absolute Gasteiger partial charge is 0.366 e. The highest BCUT2D eigenvalue weighted by atomic mass is 19.4. The molecule has 0 atom stereocenters. The first-order valence-electron chi connectivity index (χ1n) is 7.32.